The minimum Gasteiger partial charge on any atom is -0.492 e. The second-order valence-corrected chi connectivity index (χ2v) is 7.28. The number of ether oxygens (including phenoxy) is 1. The lowest BCUT2D eigenvalue weighted by atomic mass is 10.2. The fraction of sp³-hybridized carbons (Fsp3) is 0.188. The molecule has 0 saturated heterocycles. The molecule has 0 aromatic heterocycles. The van der Waals surface area contributed by atoms with Crippen molar-refractivity contribution in [1.29, 1.82) is 0 Å². The zero-order chi connectivity index (χ0) is 17.7. The molecule has 0 bridgehead atoms. The maximum Gasteiger partial charge on any atom is 0.339 e. The molecule has 1 N–H and O–H groups in total. The van der Waals surface area contributed by atoms with Crippen molar-refractivity contribution in [1.82, 2.24) is 0 Å². The molecule has 0 radical (unpaired) electrons. The Morgan fingerprint density at radius 3 is 2.42 bits per heavy atom. The molecule has 128 valence electrons. The zero-order valence-electron chi connectivity index (χ0n) is 12.7. The second-order valence-electron chi connectivity index (χ2n) is 5.02. The molecule has 0 heterocycles. The van der Waals surface area contributed by atoms with E-state index in [1.807, 2.05) is 6.92 Å². The maximum absolute atomic E-state index is 12.2. The number of aromatic carboxylic acids is 1. The molecule has 0 atom stereocenters. The lowest BCUT2D eigenvalue weighted by Crippen LogP contribution is -2.14. The van der Waals surface area contributed by atoms with Crippen LogP contribution in [0.4, 0.5) is 0 Å². The average molecular weight is 371 g/mol. The normalized spacial score (nSPS) is 11.1. The molecule has 0 amide bonds. The summed E-state index contributed by atoms with van der Waals surface area (Å²) in [6.07, 6.45) is 0. The highest BCUT2D eigenvalue weighted by Crippen LogP contribution is 2.25. The Morgan fingerprint density at radius 2 is 1.83 bits per heavy atom. The fourth-order valence-electron chi connectivity index (χ4n) is 1.97. The topological polar surface area (TPSA) is 89.9 Å². The lowest BCUT2D eigenvalue weighted by Gasteiger charge is -2.09. The highest BCUT2D eigenvalue weighted by molar-refractivity contribution is 7.91. The Bertz CT molecular complexity index is 830. The molecule has 0 aliphatic carbocycles. The van der Waals surface area contributed by atoms with Gasteiger partial charge in [-0.15, -0.1) is 0 Å². The number of carboxylic acids is 1. The predicted molar refractivity (Wildman–Crippen MR) is 88.6 cm³/mol. The van der Waals surface area contributed by atoms with E-state index in [4.69, 9.17) is 21.7 Å². The van der Waals surface area contributed by atoms with Crippen LogP contribution in [0.15, 0.2) is 47.4 Å². The van der Waals surface area contributed by atoms with Crippen LogP contribution in [-0.2, 0) is 9.84 Å². The molecule has 0 spiro atoms. The van der Waals surface area contributed by atoms with Crippen LogP contribution in [0.25, 0.3) is 0 Å². The van der Waals surface area contributed by atoms with Crippen LogP contribution in [0.1, 0.15) is 15.9 Å². The van der Waals surface area contributed by atoms with Gasteiger partial charge in [-0.1, -0.05) is 17.7 Å². The molecule has 0 aliphatic rings. The number of hydrogen-bond acceptors (Lipinski definition) is 5. The fourth-order valence-corrected chi connectivity index (χ4v) is 3.19. The van der Waals surface area contributed by atoms with Gasteiger partial charge in [-0.2, -0.15) is 0 Å². The molecule has 0 unspecified atom stereocenters. The summed E-state index contributed by atoms with van der Waals surface area (Å²) in [4.78, 5) is 11.3. The summed E-state index contributed by atoms with van der Waals surface area (Å²) in [6.45, 7) is 1.75. The van der Waals surface area contributed by atoms with Crippen LogP contribution >= 0.6 is 11.9 Å². The van der Waals surface area contributed by atoms with Gasteiger partial charge in [0.05, 0.1) is 10.6 Å². The molecule has 2 aromatic rings. The molecule has 2 aromatic carbocycles. The van der Waals surface area contributed by atoms with Crippen LogP contribution in [-0.4, -0.2) is 31.9 Å². The maximum atomic E-state index is 12.2. The Kier molecular flexibility index (Phi) is 5.69. The first-order chi connectivity index (χ1) is 11.3. The van der Waals surface area contributed by atoms with E-state index < -0.39 is 15.8 Å². The quantitative estimate of drug-likeness (QED) is 0.805. The zero-order valence-corrected chi connectivity index (χ0v) is 14.3. The largest absolute Gasteiger partial charge is 0.492 e. The molecule has 6 nitrogen and oxygen atoms in total. The van der Waals surface area contributed by atoms with Gasteiger partial charge in [-0.25, -0.2) is 13.2 Å². The molecule has 0 aliphatic heterocycles. The minimum atomic E-state index is -3.47. The number of benzene rings is 2. The Hall–Kier alpha value is -2.25. The molecule has 24 heavy (non-hydrogen) atoms. The van der Waals surface area contributed by atoms with Crippen LogP contribution in [0.3, 0.4) is 0 Å². The summed E-state index contributed by atoms with van der Waals surface area (Å²) in [5.41, 5.74) is 0.789. The highest BCUT2D eigenvalue weighted by atomic mass is 35.5. The number of hydrogen-bond donors (Lipinski definition) is 1. The van der Waals surface area contributed by atoms with Gasteiger partial charge in [0.15, 0.2) is 15.6 Å². The van der Waals surface area contributed by atoms with Crippen molar-refractivity contribution >= 4 is 27.7 Å². The summed E-state index contributed by atoms with van der Waals surface area (Å²) in [5.74, 6) is -1.28. The van der Waals surface area contributed by atoms with Crippen molar-refractivity contribution in [2.45, 2.75) is 11.8 Å². The predicted octanol–water partition coefficient (Wildman–Crippen LogP) is 3.08. The van der Waals surface area contributed by atoms with Crippen LogP contribution in [0, 0.1) is 6.92 Å². The van der Waals surface area contributed by atoms with E-state index in [9.17, 15) is 13.2 Å². The van der Waals surface area contributed by atoms with Gasteiger partial charge in [0.2, 0.25) is 0 Å². The van der Waals surface area contributed by atoms with Crippen molar-refractivity contribution in [3.8, 4) is 11.5 Å². The third-order valence-corrected chi connectivity index (χ3v) is 5.13. The van der Waals surface area contributed by atoms with Gasteiger partial charge < -0.3 is 14.1 Å². The van der Waals surface area contributed by atoms with Crippen LogP contribution in [0.2, 0.25) is 0 Å². The monoisotopic (exact) mass is 370 g/mol. The lowest BCUT2D eigenvalue weighted by molar-refractivity contribution is 0.0694. The van der Waals surface area contributed by atoms with Gasteiger partial charge in [-0.05, 0) is 37.3 Å². The van der Waals surface area contributed by atoms with Crippen LogP contribution < -0.4 is 9.03 Å². The molecular formula is C16H15ClO6S. The summed E-state index contributed by atoms with van der Waals surface area (Å²) >= 11 is 5.19. The highest BCUT2D eigenvalue weighted by Gasteiger charge is 2.16. The van der Waals surface area contributed by atoms with E-state index >= 15 is 0 Å². The Labute approximate surface area is 144 Å². The number of halogens is 1. The number of carbonyl (C=O) groups is 1. The summed E-state index contributed by atoms with van der Waals surface area (Å²) in [6, 6.07) is 10.5. The molecule has 2 rings (SSSR count). The first-order valence-corrected chi connectivity index (χ1v) is 8.88. The van der Waals surface area contributed by atoms with Crippen molar-refractivity contribution in [3.63, 3.8) is 0 Å². The van der Waals surface area contributed by atoms with Crippen molar-refractivity contribution in [3.05, 3.63) is 53.6 Å². The van der Waals surface area contributed by atoms with E-state index in [0.29, 0.717) is 0 Å². The molecule has 8 heteroatoms. The van der Waals surface area contributed by atoms with Crippen molar-refractivity contribution < 1.29 is 27.3 Å². The van der Waals surface area contributed by atoms with E-state index in [0.717, 1.165) is 5.56 Å². The third kappa shape index (κ3) is 4.39. The summed E-state index contributed by atoms with van der Waals surface area (Å²) in [5, 5.41) is 9.06. The van der Waals surface area contributed by atoms with E-state index in [-0.39, 0.29) is 34.3 Å². The smallest absolute Gasteiger partial charge is 0.339 e. The third-order valence-electron chi connectivity index (χ3n) is 3.27. The number of aryl methyl sites for hydroxylation is 1. The first kappa shape index (κ1) is 18.1. The van der Waals surface area contributed by atoms with E-state index in [1.165, 1.54) is 18.2 Å². The SMILES string of the molecule is Cc1ccc(S(=O)(=O)CCOc2ccc(OCl)c(C(=O)O)c2)cc1. The van der Waals surface area contributed by atoms with Gasteiger partial charge in [0.25, 0.3) is 0 Å². The van der Waals surface area contributed by atoms with Gasteiger partial charge in [0.1, 0.15) is 29.8 Å². The number of sulfone groups is 1. The minimum absolute atomic E-state index is 0.0243. The summed E-state index contributed by atoms with van der Waals surface area (Å²) < 4.78 is 34.2. The Morgan fingerprint density at radius 1 is 1.17 bits per heavy atom. The molecule has 0 saturated carbocycles. The average Bonchev–Trinajstić information content (AvgIpc) is 2.55. The standard InChI is InChI=1S/C16H15ClO6S/c1-11-2-5-13(6-3-11)24(20,21)9-8-22-12-4-7-15(23-17)14(10-12)16(18)19/h2-7,10H,8-9H2,1H3,(H,18,19). The number of carboxylic acid groups (broad SMARTS) is 1. The van der Waals surface area contributed by atoms with Gasteiger partial charge in [0, 0.05) is 0 Å². The van der Waals surface area contributed by atoms with E-state index in [1.54, 1.807) is 24.3 Å². The molecule has 0 fully saturated rings. The summed E-state index contributed by atoms with van der Waals surface area (Å²) in [7, 11) is -3.47. The second kappa shape index (κ2) is 7.55. The van der Waals surface area contributed by atoms with Gasteiger partial charge in [-0.3, -0.25) is 0 Å². The molecular weight excluding hydrogens is 356 g/mol. The number of rotatable bonds is 7. The van der Waals surface area contributed by atoms with Crippen molar-refractivity contribution in [2.75, 3.05) is 12.4 Å². The van der Waals surface area contributed by atoms with E-state index in [2.05, 4.69) is 4.29 Å². The Balaban J connectivity index is 2.05. The van der Waals surface area contributed by atoms with Gasteiger partial charge >= 0.3 is 5.97 Å². The van der Waals surface area contributed by atoms with Crippen molar-refractivity contribution in [2.24, 2.45) is 0 Å². The first-order valence-electron chi connectivity index (χ1n) is 6.91. The van der Waals surface area contributed by atoms with Crippen LogP contribution in [0.5, 0.6) is 11.5 Å².